The Balaban J connectivity index is 3.16. The van der Waals surface area contributed by atoms with E-state index in [1.165, 1.54) is 0 Å². The molecule has 1 heterocycles. The Morgan fingerprint density at radius 2 is 1.21 bits per heavy atom. The second-order valence-corrected chi connectivity index (χ2v) is 7.18. The molecule has 0 aromatic rings. The molecule has 0 bridgehead atoms. The molecule has 1 saturated heterocycles. The van der Waals surface area contributed by atoms with Crippen molar-refractivity contribution in [2.45, 2.75) is 83.9 Å². The summed E-state index contributed by atoms with van der Waals surface area (Å²) in [5.41, 5.74) is 0. The molecular weight excluding hydrogens is 440 g/mol. The van der Waals surface area contributed by atoms with Gasteiger partial charge in [-0.3, -0.25) is 14.4 Å². The largest absolute Gasteiger partial charge is 0.466 e. The van der Waals surface area contributed by atoms with Crippen LogP contribution in [0.3, 0.4) is 0 Å². The molecule has 0 saturated carbocycles. The molecule has 0 aliphatic carbocycles. The van der Waals surface area contributed by atoms with Crippen LogP contribution in [0.25, 0.3) is 0 Å². The quantitative estimate of drug-likeness (QED) is 0.233. The fourth-order valence-corrected chi connectivity index (χ4v) is 2.83. The van der Waals surface area contributed by atoms with Gasteiger partial charge in [0.25, 0.3) is 0 Å². The van der Waals surface area contributed by atoms with Crippen LogP contribution in [0.5, 0.6) is 0 Å². The number of esters is 5. The van der Waals surface area contributed by atoms with Gasteiger partial charge in [-0.25, -0.2) is 9.59 Å². The first-order valence-corrected chi connectivity index (χ1v) is 10.9. The maximum Gasteiger partial charge on any atom is 0.333 e. The topological polar surface area (TPSA) is 141 Å². The molecule has 0 amide bonds. The Morgan fingerprint density at radius 3 is 1.73 bits per heavy atom. The predicted octanol–water partition coefficient (Wildman–Crippen LogP) is 1.75. The van der Waals surface area contributed by atoms with Gasteiger partial charge >= 0.3 is 29.8 Å². The second kappa shape index (κ2) is 15.0. The number of hydrogen-bond acceptors (Lipinski definition) is 11. The number of hydrogen-bond donors (Lipinski definition) is 0. The number of carbonyl (C=O) groups is 5. The van der Waals surface area contributed by atoms with E-state index in [1.54, 1.807) is 20.8 Å². The molecule has 0 unspecified atom stereocenters. The fraction of sp³-hybridized carbons (Fsp3) is 0.682. The average molecular weight is 472 g/mol. The lowest BCUT2D eigenvalue weighted by Gasteiger charge is -2.40. The average Bonchev–Trinajstić information content (AvgIpc) is 2.76. The van der Waals surface area contributed by atoms with Gasteiger partial charge in [-0.2, -0.15) is 0 Å². The Labute approximate surface area is 192 Å². The third-order valence-corrected chi connectivity index (χ3v) is 4.35. The van der Waals surface area contributed by atoms with Crippen molar-refractivity contribution in [1.82, 2.24) is 0 Å². The number of ether oxygens (including phenoxy) is 6. The summed E-state index contributed by atoms with van der Waals surface area (Å²) in [6, 6.07) is 0. The van der Waals surface area contributed by atoms with Crippen LogP contribution in [0.2, 0.25) is 0 Å². The van der Waals surface area contributed by atoms with Crippen LogP contribution in [0, 0.1) is 0 Å². The molecule has 0 spiro atoms. The monoisotopic (exact) mass is 472 g/mol. The highest BCUT2D eigenvalue weighted by molar-refractivity contribution is 5.91. The molecule has 0 radical (unpaired) electrons. The molecule has 186 valence electrons. The lowest BCUT2D eigenvalue weighted by molar-refractivity contribution is -0.274. The van der Waals surface area contributed by atoms with Crippen molar-refractivity contribution in [2.75, 3.05) is 13.7 Å². The first-order chi connectivity index (χ1) is 15.7. The molecule has 1 aliphatic rings. The van der Waals surface area contributed by atoms with Crippen molar-refractivity contribution in [3.05, 3.63) is 12.2 Å². The van der Waals surface area contributed by atoms with Crippen molar-refractivity contribution >= 4 is 29.8 Å². The standard InChI is InChI=1S/C22H32O11/c1-5-8-16(24)30-14-13-29-22(33-19(27)12-11-15(23)28-4)21(32-18(26)10-7-3)20(14)31-17(25)9-6-2/h11-12,14,20-22H,5-10,13H2,1-4H3/b12-11+/t14-,20-,21+,22-/m0/s1. The van der Waals surface area contributed by atoms with E-state index in [1.807, 2.05) is 0 Å². The van der Waals surface area contributed by atoms with Crippen molar-refractivity contribution in [3.63, 3.8) is 0 Å². The molecule has 11 heteroatoms. The fourth-order valence-electron chi connectivity index (χ4n) is 2.83. The summed E-state index contributed by atoms with van der Waals surface area (Å²) in [7, 11) is 1.14. The lowest BCUT2D eigenvalue weighted by Crippen LogP contribution is -2.58. The Morgan fingerprint density at radius 1 is 0.727 bits per heavy atom. The van der Waals surface area contributed by atoms with Gasteiger partial charge in [0.1, 0.15) is 0 Å². The smallest absolute Gasteiger partial charge is 0.333 e. The van der Waals surface area contributed by atoms with Crippen LogP contribution in [0.1, 0.15) is 59.3 Å². The summed E-state index contributed by atoms with van der Waals surface area (Å²) < 4.78 is 31.4. The number of methoxy groups -OCH3 is 1. The van der Waals surface area contributed by atoms with Gasteiger partial charge in [-0.05, 0) is 19.3 Å². The highest BCUT2D eigenvalue weighted by Gasteiger charge is 2.49. The van der Waals surface area contributed by atoms with E-state index < -0.39 is 54.4 Å². The minimum Gasteiger partial charge on any atom is -0.466 e. The van der Waals surface area contributed by atoms with Crippen LogP contribution in [0.15, 0.2) is 12.2 Å². The zero-order valence-electron chi connectivity index (χ0n) is 19.4. The Bertz CT molecular complexity index is 715. The third kappa shape index (κ3) is 10.0. The van der Waals surface area contributed by atoms with Crippen molar-refractivity contribution in [2.24, 2.45) is 0 Å². The second-order valence-electron chi connectivity index (χ2n) is 7.18. The highest BCUT2D eigenvalue weighted by atomic mass is 16.7. The van der Waals surface area contributed by atoms with E-state index >= 15 is 0 Å². The van der Waals surface area contributed by atoms with Crippen LogP contribution in [-0.2, 0) is 52.4 Å². The van der Waals surface area contributed by atoms with E-state index in [-0.39, 0.29) is 25.9 Å². The minimum atomic E-state index is -1.47. The molecule has 1 fully saturated rings. The van der Waals surface area contributed by atoms with Crippen LogP contribution in [0.4, 0.5) is 0 Å². The van der Waals surface area contributed by atoms with Gasteiger partial charge in [-0.15, -0.1) is 0 Å². The summed E-state index contributed by atoms with van der Waals surface area (Å²) in [5.74, 6) is -3.56. The number of carbonyl (C=O) groups excluding carboxylic acids is 5. The first kappa shape index (κ1) is 28.1. The molecule has 1 rings (SSSR count). The van der Waals surface area contributed by atoms with Crippen LogP contribution >= 0.6 is 0 Å². The van der Waals surface area contributed by atoms with E-state index in [0.717, 1.165) is 19.3 Å². The molecule has 0 aromatic heterocycles. The minimum absolute atomic E-state index is 0.0509. The van der Waals surface area contributed by atoms with Gasteiger partial charge in [0, 0.05) is 31.4 Å². The summed E-state index contributed by atoms with van der Waals surface area (Å²) in [4.78, 5) is 59.9. The van der Waals surface area contributed by atoms with Gasteiger partial charge in [0.15, 0.2) is 12.2 Å². The number of rotatable bonds is 12. The molecule has 4 atom stereocenters. The molecule has 11 nitrogen and oxygen atoms in total. The summed E-state index contributed by atoms with van der Waals surface area (Å²) in [6.07, 6.45) is -1.78. The van der Waals surface area contributed by atoms with Crippen molar-refractivity contribution in [3.8, 4) is 0 Å². The molecule has 33 heavy (non-hydrogen) atoms. The third-order valence-electron chi connectivity index (χ3n) is 4.35. The lowest BCUT2D eigenvalue weighted by atomic mass is 10.0. The van der Waals surface area contributed by atoms with E-state index in [0.29, 0.717) is 19.3 Å². The summed E-state index contributed by atoms with van der Waals surface area (Å²) in [6.45, 7) is 5.06. The molecule has 0 N–H and O–H groups in total. The molecule has 0 aromatic carbocycles. The molecular formula is C22H32O11. The zero-order valence-corrected chi connectivity index (χ0v) is 19.4. The Kier molecular flexibility index (Phi) is 12.8. The van der Waals surface area contributed by atoms with E-state index in [2.05, 4.69) is 4.74 Å². The maximum atomic E-state index is 12.3. The normalized spacial score (nSPS) is 22.3. The summed E-state index contributed by atoms with van der Waals surface area (Å²) >= 11 is 0. The van der Waals surface area contributed by atoms with Gasteiger partial charge in [0.05, 0.1) is 13.7 Å². The van der Waals surface area contributed by atoms with Crippen LogP contribution in [-0.4, -0.2) is 68.2 Å². The predicted molar refractivity (Wildman–Crippen MR) is 111 cm³/mol. The van der Waals surface area contributed by atoms with Crippen molar-refractivity contribution < 1.29 is 52.4 Å². The summed E-state index contributed by atoms with van der Waals surface area (Å²) in [5, 5.41) is 0. The highest BCUT2D eigenvalue weighted by Crippen LogP contribution is 2.26. The van der Waals surface area contributed by atoms with Crippen molar-refractivity contribution in [1.29, 1.82) is 0 Å². The van der Waals surface area contributed by atoms with E-state index in [4.69, 9.17) is 23.7 Å². The SMILES string of the molecule is CCCC(=O)O[C@@H]1[C@@H](OC(=O)CCC)[C@H](OC(=O)/C=C/C(=O)OC)OC[C@@H]1OC(=O)CCC. The van der Waals surface area contributed by atoms with Gasteiger partial charge < -0.3 is 28.4 Å². The maximum absolute atomic E-state index is 12.3. The van der Waals surface area contributed by atoms with Gasteiger partial charge in [-0.1, -0.05) is 20.8 Å². The Hall–Kier alpha value is -2.95. The first-order valence-electron chi connectivity index (χ1n) is 10.9. The van der Waals surface area contributed by atoms with Gasteiger partial charge in [0.2, 0.25) is 12.4 Å². The van der Waals surface area contributed by atoms with Crippen LogP contribution < -0.4 is 0 Å². The van der Waals surface area contributed by atoms with E-state index in [9.17, 15) is 24.0 Å². The molecule has 1 aliphatic heterocycles. The zero-order chi connectivity index (χ0) is 24.8.